The van der Waals surface area contributed by atoms with Crippen LogP contribution in [0.15, 0.2) is 18.3 Å². The van der Waals surface area contributed by atoms with E-state index in [9.17, 15) is 0 Å². The lowest BCUT2D eigenvalue weighted by Gasteiger charge is -2.27. The van der Waals surface area contributed by atoms with E-state index in [0.29, 0.717) is 0 Å². The molecule has 0 spiro atoms. The molecule has 0 saturated carbocycles. The lowest BCUT2D eigenvalue weighted by Crippen LogP contribution is -2.33. The van der Waals surface area contributed by atoms with Crippen molar-refractivity contribution in [2.24, 2.45) is 5.73 Å². The third kappa shape index (κ3) is 2.63. The van der Waals surface area contributed by atoms with Crippen LogP contribution < -0.4 is 10.6 Å². The Morgan fingerprint density at radius 3 is 2.87 bits per heavy atom. The lowest BCUT2D eigenvalue weighted by molar-refractivity contribution is 0.800. The smallest absolute Gasteiger partial charge is 0.128 e. The van der Waals surface area contributed by atoms with Gasteiger partial charge in [0.05, 0.1) is 0 Å². The van der Waals surface area contributed by atoms with Crippen molar-refractivity contribution in [1.82, 2.24) is 4.98 Å². The molecule has 0 unspecified atom stereocenters. The summed E-state index contributed by atoms with van der Waals surface area (Å²) < 4.78 is 0. The third-order valence-electron chi connectivity index (χ3n) is 2.63. The first-order valence-corrected chi connectivity index (χ1v) is 6.47. The fourth-order valence-electron chi connectivity index (χ4n) is 1.68. The predicted molar refractivity (Wildman–Crippen MR) is 66.4 cm³/mol. The van der Waals surface area contributed by atoms with E-state index in [2.05, 4.69) is 16.0 Å². The molecule has 1 aliphatic heterocycles. The monoisotopic (exact) mass is 223 g/mol. The quantitative estimate of drug-likeness (QED) is 0.828. The van der Waals surface area contributed by atoms with Crippen molar-refractivity contribution in [2.75, 3.05) is 29.5 Å². The SMILES string of the molecule is C[C@H](N)c1ccnc(N2CCSCC2)c1. The van der Waals surface area contributed by atoms with Crippen LogP contribution in [0.2, 0.25) is 0 Å². The van der Waals surface area contributed by atoms with E-state index in [1.54, 1.807) is 0 Å². The summed E-state index contributed by atoms with van der Waals surface area (Å²) in [5.41, 5.74) is 7.03. The van der Waals surface area contributed by atoms with Crippen molar-refractivity contribution in [2.45, 2.75) is 13.0 Å². The lowest BCUT2D eigenvalue weighted by atomic mass is 10.1. The van der Waals surface area contributed by atoms with Crippen molar-refractivity contribution in [3.8, 4) is 0 Å². The van der Waals surface area contributed by atoms with Crippen molar-refractivity contribution in [3.05, 3.63) is 23.9 Å². The molecule has 1 aromatic heterocycles. The Morgan fingerprint density at radius 1 is 1.47 bits per heavy atom. The normalized spacial score (nSPS) is 18.9. The predicted octanol–water partition coefficient (Wildman–Crippen LogP) is 1.65. The fourth-order valence-corrected chi connectivity index (χ4v) is 2.59. The zero-order valence-electron chi connectivity index (χ0n) is 9.02. The van der Waals surface area contributed by atoms with Crippen molar-refractivity contribution >= 4 is 17.6 Å². The molecule has 15 heavy (non-hydrogen) atoms. The number of aromatic nitrogens is 1. The summed E-state index contributed by atoms with van der Waals surface area (Å²) in [4.78, 5) is 6.74. The minimum atomic E-state index is 0.0888. The maximum absolute atomic E-state index is 5.86. The second-order valence-corrected chi connectivity index (χ2v) is 5.06. The number of hydrogen-bond donors (Lipinski definition) is 1. The molecule has 3 nitrogen and oxygen atoms in total. The molecule has 82 valence electrons. The van der Waals surface area contributed by atoms with Crippen LogP contribution in [-0.4, -0.2) is 29.6 Å². The van der Waals surface area contributed by atoms with Gasteiger partial charge in [-0.2, -0.15) is 11.8 Å². The summed E-state index contributed by atoms with van der Waals surface area (Å²) in [5, 5.41) is 0. The molecular weight excluding hydrogens is 206 g/mol. The third-order valence-corrected chi connectivity index (χ3v) is 3.57. The molecule has 0 aromatic carbocycles. The van der Waals surface area contributed by atoms with Crippen LogP contribution in [0.25, 0.3) is 0 Å². The molecule has 1 saturated heterocycles. The van der Waals surface area contributed by atoms with Crippen molar-refractivity contribution in [3.63, 3.8) is 0 Å². The van der Waals surface area contributed by atoms with E-state index in [-0.39, 0.29) is 6.04 Å². The molecule has 1 atom stereocenters. The Labute approximate surface area is 95.1 Å². The minimum absolute atomic E-state index is 0.0888. The average molecular weight is 223 g/mol. The molecule has 1 aliphatic rings. The molecular formula is C11H17N3S. The molecule has 0 radical (unpaired) electrons. The molecule has 4 heteroatoms. The van der Waals surface area contributed by atoms with Gasteiger partial charge in [-0.05, 0) is 24.6 Å². The maximum Gasteiger partial charge on any atom is 0.128 e. The second kappa shape index (κ2) is 4.86. The highest BCUT2D eigenvalue weighted by Gasteiger charge is 2.12. The molecule has 1 fully saturated rings. The van der Waals surface area contributed by atoms with Crippen LogP contribution in [0.1, 0.15) is 18.5 Å². The summed E-state index contributed by atoms with van der Waals surface area (Å²) >= 11 is 2.01. The average Bonchev–Trinajstić information content (AvgIpc) is 2.30. The molecule has 2 heterocycles. The topological polar surface area (TPSA) is 42.1 Å². The number of pyridine rings is 1. The Morgan fingerprint density at radius 2 is 2.20 bits per heavy atom. The Bertz CT molecular complexity index is 321. The zero-order valence-corrected chi connectivity index (χ0v) is 9.83. The van der Waals surface area contributed by atoms with Gasteiger partial charge in [-0.15, -0.1) is 0 Å². The van der Waals surface area contributed by atoms with Gasteiger partial charge in [0.1, 0.15) is 5.82 Å². The van der Waals surface area contributed by atoms with Crippen LogP contribution in [0.4, 0.5) is 5.82 Å². The molecule has 0 amide bonds. The largest absolute Gasteiger partial charge is 0.355 e. The van der Waals surface area contributed by atoms with Crippen LogP contribution in [0, 0.1) is 0 Å². The Balaban J connectivity index is 2.16. The van der Waals surface area contributed by atoms with Gasteiger partial charge in [-0.25, -0.2) is 4.98 Å². The van der Waals surface area contributed by atoms with Gasteiger partial charge < -0.3 is 10.6 Å². The van der Waals surface area contributed by atoms with E-state index in [1.165, 1.54) is 17.1 Å². The summed E-state index contributed by atoms with van der Waals surface area (Å²) in [7, 11) is 0. The highest BCUT2D eigenvalue weighted by Crippen LogP contribution is 2.19. The van der Waals surface area contributed by atoms with Crippen LogP contribution in [0.3, 0.4) is 0 Å². The fraction of sp³-hybridized carbons (Fsp3) is 0.545. The van der Waals surface area contributed by atoms with Gasteiger partial charge in [-0.3, -0.25) is 0 Å². The maximum atomic E-state index is 5.86. The molecule has 0 bridgehead atoms. The van der Waals surface area contributed by atoms with E-state index in [4.69, 9.17) is 5.73 Å². The van der Waals surface area contributed by atoms with Gasteiger partial charge in [-0.1, -0.05) is 0 Å². The number of rotatable bonds is 2. The number of nitrogens with two attached hydrogens (primary N) is 1. The summed E-state index contributed by atoms with van der Waals surface area (Å²) in [5.74, 6) is 3.47. The number of nitrogens with zero attached hydrogens (tertiary/aromatic N) is 2. The van der Waals surface area contributed by atoms with Crippen molar-refractivity contribution < 1.29 is 0 Å². The summed E-state index contributed by atoms with van der Waals surface area (Å²) in [6.45, 7) is 4.20. The summed E-state index contributed by atoms with van der Waals surface area (Å²) in [6.07, 6.45) is 1.86. The first-order valence-electron chi connectivity index (χ1n) is 5.31. The number of thioether (sulfide) groups is 1. The highest BCUT2D eigenvalue weighted by molar-refractivity contribution is 7.99. The van der Waals surface area contributed by atoms with E-state index < -0.39 is 0 Å². The number of anilines is 1. The van der Waals surface area contributed by atoms with E-state index >= 15 is 0 Å². The van der Waals surface area contributed by atoms with Gasteiger partial charge in [0, 0.05) is 36.8 Å². The Kier molecular flexibility index (Phi) is 3.49. The highest BCUT2D eigenvalue weighted by atomic mass is 32.2. The molecule has 2 N–H and O–H groups in total. The first kappa shape index (κ1) is 10.8. The van der Waals surface area contributed by atoms with Crippen LogP contribution in [-0.2, 0) is 0 Å². The number of hydrogen-bond acceptors (Lipinski definition) is 4. The van der Waals surface area contributed by atoms with Gasteiger partial charge in [0.15, 0.2) is 0 Å². The molecule has 0 aliphatic carbocycles. The Hall–Kier alpha value is -0.740. The first-order chi connectivity index (χ1) is 7.27. The van der Waals surface area contributed by atoms with E-state index in [1.807, 2.05) is 30.9 Å². The van der Waals surface area contributed by atoms with Gasteiger partial charge in [0.25, 0.3) is 0 Å². The van der Waals surface area contributed by atoms with Crippen LogP contribution in [0.5, 0.6) is 0 Å². The van der Waals surface area contributed by atoms with E-state index in [0.717, 1.165) is 18.9 Å². The van der Waals surface area contributed by atoms with Gasteiger partial charge in [0.2, 0.25) is 0 Å². The van der Waals surface area contributed by atoms with Crippen molar-refractivity contribution in [1.29, 1.82) is 0 Å². The molecule has 2 rings (SSSR count). The van der Waals surface area contributed by atoms with Gasteiger partial charge >= 0.3 is 0 Å². The minimum Gasteiger partial charge on any atom is -0.355 e. The standard InChI is InChI=1S/C11H17N3S/c1-9(12)10-2-3-13-11(8-10)14-4-6-15-7-5-14/h2-3,8-9H,4-7,12H2,1H3/t9-/m0/s1. The van der Waals surface area contributed by atoms with Crippen LogP contribution >= 0.6 is 11.8 Å². The summed E-state index contributed by atoms with van der Waals surface area (Å²) in [6, 6.07) is 4.19. The second-order valence-electron chi connectivity index (χ2n) is 3.84. The molecule has 1 aromatic rings. The zero-order chi connectivity index (χ0) is 10.7.